The van der Waals surface area contributed by atoms with Crippen molar-refractivity contribution < 1.29 is 73.5 Å². The summed E-state index contributed by atoms with van der Waals surface area (Å²) in [6.45, 7) is 0. The van der Waals surface area contributed by atoms with Crippen molar-refractivity contribution in [2.45, 2.75) is 6.42 Å². The molecule has 0 fully saturated rings. The first kappa shape index (κ1) is 50.6. The first-order chi connectivity index (χ1) is 5.86. The molecule has 9 heteroatoms. The van der Waals surface area contributed by atoms with Gasteiger partial charge in [0.1, 0.15) is 11.9 Å². The summed E-state index contributed by atoms with van der Waals surface area (Å²) >= 11 is 0. The van der Waals surface area contributed by atoms with Crippen LogP contribution in [0.5, 0.6) is 0 Å². The minimum Gasteiger partial charge on any atom is -0.542 e. The van der Waals surface area contributed by atoms with Crippen LogP contribution in [0.25, 0.3) is 0 Å². The van der Waals surface area contributed by atoms with E-state index in [0.717, 1.165) is 0 Å². The van der Waals surface area contributed by atoms with Crippen molar-refractivity contribution in [2.75, 3.05) is 0 Å². The van der Waals surface area contributed by atoms with Crippen LogP contribution in [0.1, 0.15) is 6.42 Å². The first-order valence-electron chi connectivity index (χ1n) is 3.06. The summed E-state index contributed by atoms with van der Waals surface area (Å²) in [7, 11) is 0. The van der Waals surface area contributed by atoms with Crippen LogP contribution in [0.3, 0.4) is 0 Å². The molecule has 0 bridgehead atoms. The molecule has 114 valence electrons. The average Bonchev–Trinajstić information content (AvgIpc) is 1.97. The maximum atomic E-state index is 10.5. The molecule has 0 aromatic rings. The number of aliphatic carboxylic acids is 3. The third kappa shape index (κ3) is 19.7. The number of ketones is 1. The average molecular weight is 395 g/mol. The minimum absolute atomic E-state index is 0. The molecule has 2 N–H and O–H groups in total. The van der Waals surface area contributed by atoms with E-state index in [1.54, 1.807) is 0 Å². The van der Waals surface area contributed by atoms with Crippen molar-refractivity contribution in [1.29, 1.82) is 0 Å². The molecule has 1 atom stereocenters. The molecule has 1 unspecified atom stereocenters. The van der Waals surface area contributed by atoms with Gasteiger partial charge in [0, 0.05) is 19.5 Å². The van der Waals surface area contributed by atoms with Gasteiger partial charge in [0.05, 0.1) is 6.42 Å². The van der Waals surface area contributed by atoms with Crippen LogP contribution in [0.4, 0.5) is 0 Å². The summed E-state index contributed by atoms with van der Waals surface area (Å²) in [6.07, 6.45) is -1.07. The number of carboxylic acid groups (broad SMARTS) is 3. The normalized spacial score (nSPS) is 7.60. The Kier molecular flexibility index (Phi) is 59.3. The van der Waals surface area contributed by atoms with E-state index in [1.165, 1.54) is 0 Å². The quantitative estimate of drug-likeness (QED) is 0.284. The molecule has 0 rings (SSSR count). The van der Waals surface area contributed by atoms with Crippen molar-refractivity contribution >= 4 is 23.7 Å². The molecule has 0 aromatic carbocycles. The maximum absolute atomic E-state index is 10.5. The first-order valence-corrected chi connectivity index (χ1v) is 3.06. The molecule has 0 aliphatic heterocycles. The smallest absolute Gasteiger partial charge is 0.542 e. The Balaban J connectivity index is -0.0000000343. The zero-order valence-electron chi connectivity index (χ0n) is 12.6. The molecule has 0 radical (unpaired) electrons. The Bertz CT molecular complexity index is 280. The second kappa shape index (κ2) is 23.4. The van der Waals surface area contributed by atoms with Crippen molar-refractivity contribution in [3.8, 4) is 0 Å². The summed E-state index contributed by atoms with van der Waals surface area (Å²) in [5.41, 5.74) is 0. The molecule has 0 spiro atoms. The maximum Gasteiger partial charge on any atom is 2.00 e. The molecule has 0 heterocycles. The van der Waals surface area contributed by atoms with Crippen LogP contribution < -0.4 is 5.11 Å². The van der Waals surface area contributed by atoms with Gasteiger partial charge in [-0.2, -0.15) is 0 Å². The fourth-order valence-corrected chi connectivity index (χ4v) is 0.609. The Morgan fingerprint density at radius 3 is 1.35 bits per heavy atom. The van der Waals surface area contributed by atoms with Gasteiger partial charge in [-0.05, 0) is 0 Å². The predicted octanol–water partition coefficient (Wildman–Crippen LogP) is -0.273. The van der Waals surface area contributed by atoms with Gasteiger partial charge in [-0.3, -0.25) is 14.4 Å². The fraction of sp³-hybridized carbons (Fsp3) is 0.182. The summed E-state index contributed by atoms with van der Waals surface area (Å²) in [4.78, 5) is 40.6. The zero-order valence-corrected chi connectivity index (χ0v) is 18.6. The van der Waals surface area contributed by atoms with Crippen molar-refractivity contribution in [1.82, 2.24) is 0 Å². The van der Waals surface area contributed by atoms with Gasteiger partial charge < -0.3 is 57.2 Å². The van der Waals surface area contributed by atoms with E-state index in [1.807, 2.05) is 0 Å². The van der Waals surface area contributed by atoms with Crippen molar-refractivity contribution in [3.05, 3.63) is 37.1 Å². The van der Waals surface area contributed by atoms with Gasteiger partial charge in [0.15, 0.2) is 5.78 Å². The van der Waals surface area contributed by atoms with Crippen LogP contribution in [0.15, 0.2) is 0 Å². The number of carboxylic acids is 3. The monoisotopic (exact) mass is 392 g/mol. The van der Waals surface area contributed by atoms with Gasteiger partial charge in [0.25, 0.3) is 0 Å². The fourth-order valence-electron chi connectivity index (χ4n) is 0.609. The predicted molar refractivity (Wildman–Crippen MR) is 65.5 cm³/mol. The third-order valence-corrected chi connectivity index (χ3v) is 1.19. The van der Waals surface area contributed by atoms with E-state index in [-0.39, 0.29) is 76.1 Å². The molecule has 0 aliphatic carbocycles. The van der Waals surface area contributed by atoms with E-state index in [2.05, 4.69) is 0 Å². The zero-order chi connectivity index (χ0) is 10.6. The number of hydrogen-bond acceptors (Lipinski definition) is 5. The Labute approximate surface area is 146 Å². The topological polar surface area (TPSA) is 132 Å². The molecule has 0 amide bonds. The van der Waals surface area contributed by atoms with Gasteiger partial charge in [-0.15, -0.1) is 0 Å². The van der Waals surface area contributed by atoms with Crippen LogP contribution in [-0.4, -0.2) is 33.9 Å². The van der Waals surface area contributed by atoms with Gasteiger partial charge in [0.2, 0.25) is 0 Å². The summed E-state index contributed by atoms with van der Waals surface area (Å²) in [5.74, 6) is -9.38. The van der Waals surface area contributed by atoms with E-state index >= 15 is 0 Å². The van der Waals surface area contributed by atoms with Crippen molar-refractivity contribution in [2.24, 2.45) is 5.92 Å². The largest absolute Gasteiger partial charge is 2.00 e. The molecule has 0 saturated carbocycles. The van der Waals surface area contributed by atoms with Gasteiger partial charge in [-0.1, -0.05) is 0 Å². The summed E-state index contributed by atoms with van der Waals surface area (Å²) in [5, 5.41) is 26.3. The SMILES string of the molecule is O=C(O)CC(C(=O)O)C(=O)C(=O)[O-].[CH3-].[CH3-].[CH3-].[CH3-].[CH3-].[Zn+2].[Zn]. The molecular weight excluding hydrogens is 375 g/mol. The van der Waals surface area contributed by atoms with Crippen LogP contribution in [0.2, 0.25) is 0 Å². The van der Waals surface area contributed by atoms with Crippen LogP contribution in [0, 0.1) is 43.1 Å². The Morgan fingerprint density at radius 2 is 1.20 bits per heavy atom. The Hall–Kier alpha value is -0.673. The van der Waals surface area contributed by atoms with Crippen LogP contribution in [-0.2, 0) is 58.1 Å². The Morgan fingerprint density at radius 1 is 0.900 bits per heavy atom. The number of carbonyl (C=O) groups excluding carboxylic acids is 2. The summed E-state index contributed by atoms with van der Waals surface area (Å²) < 4.78 is 0. The molecule has 20 heavy (non-hydrogen) atoms. The van der Waals surface area contributed by atoms with E-state index < -0.39 is 36.0 Å². The summed E-state index contributed by atoms with van der Waals surface area (Å²) in [6, 6.07) is 0. The number of Topliss-reactive ketones (excluding diaryl/α,β-unsaturated/α-hetero) is 1. The van der Waals surface area contributed by atoms with E-state index in [9.17, 15) is 24.3 Å². The second-order valence-corrected chi connectivity index (χ2v) is 2.14. The molecular formula is C11H20O7Zn2-4. The molecule has 0 saturated heterocycles. The second-order valence-electron chi connectivity index (χ2n) is 2.14. The van der Waals surface area contributed by atoms with E-state index in [4.69, 9.17) is 10.2 Å². The molecule has 0 aromatic heterocycles. The van der Waals surface area contributed by atoms with Crippen molar-refractivity contribution in [3.63, 3.8) is 0 Å². The minimum atomic E-state index is -2.20. The number of carbonyl (C=O) groups is 4. The molecule has 7 nitrogen and oxygen atoms in total. The van der Waals surface area contributed by atoms with Crippen LogP contribution >= 0.6 is 0 Å². The standard InChI is InChI=1S/C6H6O7.5CH3.2Zn/c7-3(8)1-2(5(10)11)4(9)6(12)13;;;;;;;/h2H,1H2,(H,7,8)(H,10,11)(H,12,13);5*1H3;;/q;5*-1;;+2/p-1. The molecule has 0 aliphatic rings. The van der Waals surface area contributed by atoms with Gasteiger partial charge >= 0.3 is 31.4 Å². The van der Waals surface area contributed by atoms with E-state index in [0.29, 0.717) is 0 Å². The number of hydrogen-bond donors (Lipinski definition) is 2. The number of rotatable bonds is 5. The van der Waals surface area contributed by atoms with Gasteiger partial charge in [-0.25, -0.2) is 0 Å². The third-order valence-electron chi connectivity index (χ3n) is 1.19.